The van der Waals surface area contributed by atoms with Crippen LogP contribution in [-0.2, 0) is 23.7 Å². The molecule has 0 unspecified atom stereocenters. The fourth-order valence-corrected chi connectivity index (χ4v) is 10.8. The molecule has 3 heterocycles. The second kappa shape index (κ2) is 11.4. The fraction of sp³-hybridized carbons (Fsp3) is 0.857. The Labute approximate surface area is 270 Å². The molecule has 4 aliphatic carbocycles. The molecule has 46 heavy (non-hydrogen) atoms. The number of rotatable bonds is 6. The van der Waals surface area contributed by atoms with Crippen LogP contribution in [0, 0.1) is 34.5 Å². The summed E-state index contributed by atoms with van der Waals surface area (Å²) in [6, 6.07) is 0. The van der Waals surface area contributed by atoms with E-state index in [9.17, 15) is 35.4 Å². The average molecular weight is 649 g/mol. The minimum absolute atomic E-state index is 0.0115. The first-order valence-electron chi connectivity index (χ1n) is 17.3. The Morgan fingerprint density at radius 1 is 1.02 bits per heavy atom. The first-order chi connectivity index (χ1) is 21.7. The molecule has 7 aliphatic rings. The number of carbonyl (C=O) groups excluding carboxylic acids is 1. The molecule has 0 aromatic heterocycles. The Hall–Kier alpha value is -1.25. The van der Waals surface area contributed by atoms with Gasteiger partial charge in [0.1, 0.15) is 30.5 Å². The summed E-state index contributed by atoms with van der Waals surface area (Å²) in [6.07, 6.45) is -0.926. The van der Waals surface area contributed by atoms with Crippen molar-refractivity contribution in [1.29, 1.82) is 0 Å². The lowest BCUT2D eigenvalue weighted by atomic mass is 9.51. The van der Waals surface area contributed by atoms with Gasteiger partial charge in [0.15, 0.2) is 24.0 Å². The molecule has 3 saturated heterocycles. The molecule has 1 saturated carbocycles. The van der Waals surface area contributed by atoms with Crippen molar-refractivity contribution in [3.63, 3.8) is 0 Å². The normalized spacial score (nSPS) is 51.1. The third-order valence-electron chi connectivity index (χ3n) is 13.6. The molecule has 6 N–H and O–H groups in total. The molecule has 0 radical (unpaired) electrons. The molecular weight excluding hydrogens is 596 g/mol. The number of hydrogen-bond acceptors (Lipinski definition) is 11. The lowest BCUT2D eigenvalue weighted by Crippen LogP contribution is -2.60. The van der Waals surface area contributed by atoms with E-state index in [0.29, 0.717) is 5.92 Å². The van der Waals surface area contributed by atoms with Crippen molar-refractivity contribution in [3.05, 3.63) is 22.8 Å². The molecule has 0 bridgehead atoms. The van der Waals surface area contributed by atoms with Gasteiger partial charge in [-0.2, -0.15) is 0 Å². The van der Waals surface area contributed by atoms with Crippen LogP contribution in [0.1, 0.15) is 79.6 Å². The second-order valence-corrected chi connectivity index (χ2v) is 16.0. The molecule has 258 valence electrons. The zero-order valence-corrected chi connectivity index (χ0v) is 27.5. The zero-order valence-electron chi connectivity index (χ0n) is 27.5. The molecule has 3 aliphatic heterocycles. The van der Waals surface area contributed by atoms with E-state index in [2.05, 4.69) is 19.9 Å². The van der Waals surface area contributed by atoms with Gasteiger partial charge in [-0.25, -0.2) is 0 Å². The maximum Gasteiger partial charge on any atom is 0.186 e. The summed E-state index contributed by atoms with van der Waals surface area (Å²) < 4.78 is 24.5. The van der Waals surface area contributed by atoms with Crippen LogP contribution in [0.15, 0.2) is 22.8 Å². The monoisotopic (exact) mass is 648 g/mol. The third kappa shape index (κ3) is 4.57. The van der Waals surface area contributed by atoms with E-state index < -0.39 is 67.3 Å². The van der Waals surface area contributed by atoms with Crippen molar-refractivity contribution in [3.8, 4) is 0 Å². The fourth-order valence-electron chi connectivity index (χ4n) is 10.8. The first-order valence-corrected chi connectivity index (χ1v) is 17.3. The third-order valence-corrected chi connectivity index (χ3v) is 13.6. The van der Waals surface area contributed by atoms with Crippen molar-refractivity contribution < 1.29 is 54.4 Å². The number of fused-ring (bicyclic) bond motifs is 8. The zero-order chi connectivity index (χ0) is 33.1. The number of aliphatic hydroxyl groups is 6. The molecule has 11 heteroatoms. The lowest BCUT2D eigenvalue weighted by molar-refractivity contribution is -0.315. The van der Waals surface area contributed by atoms with Gasteiger partial charge in [-0.15, -0.1) is 0 Å². The number of aliphatic hydroxyl groups excluding tert-OH is 5. The van der Waals surface area contributed by atoms with Gasteiger partial charge in [0, 0.05) is 11.8 Å². The van der Waals surface area contributed by atoms with Crippen LogP contribution in [0.5, 0.6) is 0 Å². The van der Waals surface area contributed by atoms with Crippen LogP contribution < -0.4 is 0 Å². The summed E-state index contributed by atoms with van der Waals surface area (Å²) in [4.78, 5) is 12.7. The molecule has 16 atom stereocenters. The van der Waals surface area contributed by atoms with E-state index in [4.69, 9.17) is 18.9 Å². The van der Waals surface area contributed by atoms with Crippen LogP contribution >= 0.6 is 0 Å². The maximum atomic E-state index is 12.7. The van der Waals surface area contributed by atoms with E-state index in [1.807, 2.05) is 0 Å². The van der Waals surface area contributed by atoms with Gasteiger partial charge >= 0.3 is 0 Å². The van der Waals surface area contributed by atoms with E-state index in [1.54, 1.807) is 13.8 Å². The molecule has 7 rings (SSSR count). The van der Waals surface area contributed by atoms with E-state index >= 15 is 0 Å². The molecule has 0 spiro atoms. The van der Waals surface area contributed by atoms with Gasteiger partial charge in [-0.05, 0) is 85.7 Å². The van der Waals surface area contributed by atoms with Gasteiger partial charge in [0.25, 0.3) is 0 Å². The van der Waals surface area contributed by atoms with Crippen molar-refractivity contribution in [1.82, 2.24) is 0 Å². The standard InChI is InChI=1S/C35H52O11/c1-15(2)35(42,16(3)37)30-29-24(31(41)46-30)25-22(44-29)13-21-19-7-6-17-12-18(8-10-33(17,4)20(19)9-11-34(21,25)5)43-32-28(40)27(39)26(38)23(14-36)45-32/h13,15,17-18,22-32,36,38-42H,6-12,14H2,1-5H3/t17-,18-,22-,23+,24-,25+,26+,27-,28+,29+,30-,31-,32+,33-,34-,35+/m0/s1. The molecule has 0 amide bonds. The van der Waals surface area contributed by atoms with Gasteiger partial charge in [-0.3, -0.25) is 4.79 Å². The van der Waals surface area contributed by atoms with Crippen LogP contribution in [0.25, 0.3) is 0 Å². The summed E-state index contributed by atoms with van der Waals surface area (Å²) in [5.74, 6) is -0.773. The number of ether oxygens (including phenoxy) is 4. The predicted molar refractivity (Wildman–Crippen MR) is 163 cm³/mol. The van der Waals surface area contributed by atoms with Crippen LogP contribution in [-0.4, -0.2) is 110 Å². The smallest absolute Gasteiger partial charge is 0.186 e. The highest BCUT2D eigenvalue weighted by atomic mass is 16.7. The Kier molecular flexibility index (Phi) is 8.24. The van der Waals surface area contributed by atoms with Crippen molar-refractivity contribution in [2.75, 3.05) is 6.61 Å². The Morgan fingerprint density at radius 3 is 2.43 bits per heavy atom. The molecule has 0 aromatic rings. The SMILES string of the molecule is CC(=O)[C@](O)(C(C)C)[C@H]1O[C@H](O)[C@@H]2[C@H]1O[C@H]1C=C3C4=C(CC[C@]3(C)[C@@H]21)[C@@]1(C)CC[C@H](O[C@@H]2O[C@H](CO)[C@@H](O)[C@H](O)[C@H]2O)C[C@@H]1CC4. The predicted octanol–water partition coefficient (Wildman–Crippen LogP) is 1.50. The highest BCUT2D eigenvalue weighted by molar-refractivity contribution is 5.86. The number of ketones is 1. The number of Topliss-reactive ketones (excluding diaryl/α,β-unsaturated/α-hetero) is 1. The van der Waals surface area contributed by atoms with Gasteiger partial charge in [-0.1, -0.05) is 39.3 Å². The van der Waals surface area contributed by atoms with Crippen molar-refractivity contribution >= 4 is 5.78 Å². The molecule has 11 nitrogen and oxygen atoms in total. The van der Waals surface area contributed by atoms with Crippen molar-refractivity contribution in [2.45, 2.75) is 147 Å². The summed E-state index contributed by atoms with van der Waals surface area (Å²) in [5.41, 5.74) is 2.27. The topological polar surface area (TPSA) is 175 Å². The van der Waals surface area contributed by atoms with Crippen LogP contribution in [0.2, 0.25) is 0 Å². The Bertz CT molecular complexity index is 1290. The quantitative estimate of drug-likeness (QED) is 0.246. The van der Waals surface area contributed by atoms with E-state index in [0.717, 1.165) is 44.9 Å². The highest BCUT2D eigenvalue weighted by Crippen LogP contribution is 2.67. The molecule has 0 aromatic carbocycles. The molecular formula is C35H52O11. The van der Waals surface area contributed by atoms with Gasteiger partial charge in [0.2, 0.25) is 0 Å². The minimum atomic E-state index is -1.74. The van der Waals surface area contributed by atoms with Gasteiger partial charge < -0.3 is 49.6 Å². The van der Waals surface area contributed by atoms with E-state index in [-0.39, 0.29) is 40.7 Å². The summed E-state index contributed by atoms with van der Waals surface area (Å²) in [5, 5.41) is 63.2. The first kappa shape index (κ1) is 33.3. The Balaban J connectivity index is 1.10. The lowest BCUT2D eigenvalue weighted by Gasteiger charge is -2.54. The highest BCUT2D eigenvalue weighted by Gasteiger charge is 2.69. The van der Waals surface area contributed by atoms with Gasteiger partial charge in [0.05, 0.1) is 24.9 Å². The summed E-state index contributed by atoms with van der Waals surface area (Å²) in [7, 11) is 0. The second-order valence-electron chi connectivity index (χ2n) is 16.0. The average Bonchev–Trinajstić information content (AvgIpc) is 3.64. The number of carbonyl (C=O) groups is 1. The van der Waals surface area contributed by atoms with E-state index in [1.165, 1.54) is 23.6 Å². The maximum absolute atomic E-state index is 12.7. The van der Waals surface area contributed by atoms with Crippen molar-refractivity contribution in [2.24, 2.45) is 34.5 Å². The Morgan fingerprint density at radius 2 is 1.76 bits per heavy atom. The summed E-state index contributed by atoms with van der Waals surface area (Å²) >= 11 is 0. The summed E-state index contributed by atoms with van der Waals surface area (Å²) in [6.45, 7) is 9.13. The molecule has 4 fully saturated rings. The number of allylic oxidation sites excluding steroid dienone is 3. The largest absolute Gasteiger partial charge is 0.394 e. The minimum Gasteiger partial charge on any atom is -0.394 e. The van der Waals surface area contributed by atoms with Crippen LogP contribution in [0.3, 0.4) is 0 Å². The number of hydrogen-bond donors (Lipinski definition) is 6. The van der Waals surface area contributed by atoms with Crippen LogP contribution in [0.4, 0.5) is 0 Å².